The van der Waals surface area contributed by atoms with Crippen molar-refractivity contribution >= 4 is 0 Å². The molecule has 0 aliphatic heterocycles. The minimum atomic E-state index is -1.45. The first-order valence-electron chi connectivity index (χ1n) is 5.49. The van der Waals surface area contributed by atoms with Crippen LogP contribution in [0.4, 0.5) is 4.39 Å². The lowest BCUT2D eigenvalue weighted by molar-refractivity contribution is 0.219. The first kappa shape index (κ1) is 13.8. The Balaban J connectivity index is 3.34. The molecule has 1 aromatic carbocycles. The van der Waals surface area contributed by atoms with Crippen LogP contribution in [0.15, 0.2) is 12.1 Å². The summed E-state index contributed by atoms with van der Waals surface area (Å²) < 4.78 is 24.3. The van der Waals surface area contributed by atoms with Crippen molar-refractivity contribution in [3.05, 3.63) is 23.3 Å². The molecule has 4 heteroatoms. The number of halogens is 1. The molecule has 1 rings (SSSR count). The Hall–Kier alpha value is -1.29. The molecule has 0 saturated carbocycles. The van der Waals surface area contributed by atoms with Gasteiger partial charge in [0.15, 0.2) is 11.5 Å². The van der Waals surface area contributed by atoms with E-state index in [-0.39, 0.29) is 6.61 Å². The van der Waals surface area contributed by atoms with Gasteiger partial charge in [-0.3, -0.25) is 0 Å². The van der Waals surface area contributed by atoms with Crippen LogP contribution in [0.5, 0.6) is 11.5 Å². The van der Waals surface area contributed by atoms with Crippen LogP contribution >= 0.6 is 0 Å². The van der Waals surface area contributed by atoms with E-state index in [1.165, 1.54) is 28.1 Å². The molecule has 0 radical (unpaired) electrons. The van der Waals surface area contributed by atoms with Crippen LogP contribution in [0.1, 0.15) is 25.0 Å². The van der Waals surface area contributed by atoms with Crippen LogP contribution in [0.25, 0.3) is 0 Å². The van der Waals surface area contributed by atoms with Gasteiger partial charge in [0.05, 0.1) is 14.2 Å². The summed E-state index contributed by atoms with van der Waals surface area (Å²) in [6.07, 6.45) is 0.406. The third-order valence-electron chi connectivity index (χ3n) is 2.62. The molecule has 3 nitrogen and oxygen atoms in total. The van der Waals surface area contributed by atoms with Crippen molar-refractivity contribution in [3.8, 4) is 11.5 Å². The fraction of sp³-hybridized carbons (Fsp3) is 0.538. The Kier molecular flexibility index (Phi) is 4.34. The topological polar surface area (TPSA) is 38.7 Å². The predicted molar refractivity (Wildman–Crippen MR) is 64.5 cm³/mol. The van der Waals surface area contributed by atoms with E-state index >= 15 is 0 Å². The van der Waals surface area contributed by atoms with Gasteiger partial charge in [0, 0.05) is 12.2 Å². The second-order valence-electron chi connectivity index (χ2n) is 4.32. The second kappa shape index (κ2) is 5.36. The van der Waals surface area contributed by atoms with Crippen molar-refractivity contribution in [2.24, 2.45) is 0 Å². The average molecular weight is 242 g/mol. The normalized spacial score (nSPS) is 11.4. The maximum atomic E-state index is 13.9. The molecule has 0 atom stereocenters. The summed E-state index contributed by atoms with van der Waals surface area (Å²) in [6.45, 7) is 2.95. The Bertz CT molecular complexity index is 383. The standard InChI is InChI=1S/C13H19FO3/c1-13(2,14)10-7-9(5-6-15)12(17-4)11(8-10)16-3/h7-8,15H,5-6H2,1-4H3. The lowest BCUT2D eigenvalue weighted by atomic mass is 9.96. The lowest BCUT2D eigenvalue weighted by Crippen LogP contribution is -2.11. The van der Waals surface area contributed by atoms with E-state index in [2.05, 4.69) is 0 Å². The van der Waals surface area contributed by atoms with Crippen molar-refractivity contribution in [2.45, 2.75) is 25.9 Å². The van der Waals surface area contributed by atoms with E-state index in [0.717, 1.165) is 5.56 Å². The van der Waals surface area contributed by atoms with Gasteiger partial charge in [-0.1, -0.05) is 0 Å². The lowest BCUT2D eigenvalue weighted by Gasteiger charge is -2.20. The van der Waals surface area contributed by atoms with Crippen LogP contribution in [-0.2, 0) is 12.1 Å². The summed E-state index contributed by atoms with van der Waals surface area (Å²) in [5.74, 6) is 1.04. The number of ether oxygens (including phenoxy) is 2. The zero-order chi connectivity index (χ0) is 13.1. The van der Waals surface area contributed by atoms with Crippen molar-refractivity contribution in [3.63, 3.8) is 0 Å². The zero-order valence-corrected chi connectivity index (χ0v) is 10.7. The molecule has 0 saturated heterocycles. The van der Waals surface area contributed by atoms with Gasteiger partial charge in [-0.25, -0.2) is 4.39 Å². The summed E-state index contributed by atoms with van der Waals surface area (Å²) in [4.78, 5) is 0. The molecule has 17 heavy (non-hydrogen) atoms. The highest BCUT2D eigenvalue weighted by atomic mass is 19.1. The van der Waals surface area contributed by atoms with Crippen molar-refractivity contribution in [2.75, 3.05) is 20.8 Å². The first-order chi connectivity index (χ1) is 7.93. The molecule has 0 amide bonds. The van der Waals surface area contributed by atoms with Gasteiger partial charge in [-0.2, -0.15) is 0 Å². The second-order valence-corrected chi connectivity index (χ2v) is 4.32. The van der Waals surface area contributed by atoms with E-state index in [1.54, 1.807) is 12.1 Å². The fourth-order valence-electron chi connectivity index (χ4n) is 1.69. The average Bonchev–Trinajstić information content (AvgIpc) is 2.27. The van der Waals surface area contributed by atoms with E-state index in [4.69, 9.17) is 14.6 Å². The maximum absolute atomic E-state index is 13.9. The van der Waals surface area contributed by atoms with Crippen LogP contribution in [0, 0.1) is 0 Å². The van der Waals surface area contributed by atoms with Gasteiger partial charge in [-0.05, 0) is 38.0 Å². The molecular formula is C13H19FO3. The number of aliphatic hydroxyl groups is 1. The molecule has 0 heterocycles. The van der Waals surface area contributed by atoms with E-state index in [0.29, 0.717) is 23.5 Å². The van der Waals surface area contributed by atoms with Crippen LogP contribution in [0.2, 0.25) is 0 Å². The Morgan fingerprint density at radius 2 is 1.88 bits per heavy atom. The third kappa shape index (κ3) is 3.09. The zero-order valence-electron chi connectivity index (χ0n) is 10.7. The van der Waals surface area contributed by atoms with Crippen molar-refractivity contribution in [1.29, 1.82) is 0 Å². The molecule has 0 aliphatic carbocycles. The number of rotatable bonds is 5. The summed E-state index contributed by atoms with van der Waals surface area (Å²) in [6, 6.07) is 3.33. The SMILES string of the molecule is COc1cc(C(C)(C)F)cc(CCO)c1OC. The minimum Gasteiger partial charge on any atom is -0.493 e. The van der Waals surface area contributed by atoms with Gasteiger partial charge in [0.25, 0.3) is 0 Å². The minimum absolute atomic E-state index is 0.0182. The summed E-state index contributed by atoms with van der Waals surface area (Å²) >= 11 is 0. The predicted octanol–water partition coefficient (Wildman–Crippen LogP) is 2.44. The smallest absolute Gasteiger partial charge is 0.164 e. The summed E-state index contributed by atoms with van der Waals surface area (Å²) in [5, 5.41) is 9.01. The first-order valence-corrected chi connectivity index (χ1v) is 5.49. The van der Waals surface area contributed by atoms with Crippen molar-refractivity contribution in [1.82, 2.24) is 0 Å². The molecule has 96 valence electrons. The van der Waals surface area contributed by atoms with Gasteiger partial charge >= 0.3 is 0 Å². The van der Waals surface area contributed by atoms with Crippen LogP contribution in [-0.4, -0.2) is 25.9 Å². The molecule has 0 bridgehead atoms. The Morgan fingerprint density at radius 1 is 1.24 bits per heavy atom. The molecule has 0 fully saturated rings. The molecule has 0 aliphatic rings. The molecule has 1 aromatic rings. The largest absolute Gasteiger partial charge is 0.493 e. The third-order valence-corrected chi connectivity index (χ3v) is 2.62. The van der Waals surface area contributed by atoms with E-state index in [1.807, 2.05) is 0 Å². The number of aliphatic hydroxyl groups excluding tert-OH is 1. The fourth-order valence-corrected chi connectivity index (χ4v) is 1.69. The summed E-state index contributed by atoms with van der Waals surface area (Å²) in [5.41, 5.74) is -0.197. The quantitative estimate of drug-likeness (QED) is 0.862. The Morgan fingerprint density at radius 3 is 2.29 bits per heavy atom. The summed E-state index contributed by atoms with van der Waals surface area (Å²) in [7, 11) is 3.04. The van der Waals surface area contributed by atoms with Gasteiger partial charge in [0.1, 0.15) is 5.67 Å². The number of hydrogen-bond acceptors (Lipinski definition) is 3. The number of alkyl halides is 1. The molecular weight excluding hydrogens is 223 g/mol. The highest BCUT2D eigenvalue weighted by Crippen LogP contribution is 2.37. The van der Waals surface area contributed by atoms with Gasteiger partial charge < -0.3 is 14.6 Å². The van der Waals surface area contributed by atoms with Crippen molar-refractivity contribution < 1.29 is 19.0 Å². The number of hydrogen-bond donors (Lipinski definition) is 1. The highest BCUT2D eigenvalue weighted by Gasteiger charge is 2.23. The Labute approximate surface area is 101 Å². The van der Waals surface area contributed by atoms with Crippen LogP contribution < -0.4 is 9.47 Å². The molecule has 0 unspecified atom stereocenters. The molecule has 1 N–H and O–H groups in total. The molecule has 0 aromatic heterocycles. The maximum Gasteiger partial charge on any atom is 0.164 e. The monoisotopic (exact) mass is 242 g/mol. The van der Waals surface area contributed by atoms with E-state index in [9.17, 15) is 4.39 Å². The van der Waals surface area contributed by atoms with E-state index < -0.39 is 5.67 Å². The number of benzene rings is 1. The van der Waals surface area contributed by atoms with Crippen LogP contribution in [0.3, 0.4) is 0 Å². The number of methoxy groups -OCH3 is 2. The molecule has 0 spiro atoms. The highest BCUT2D eigenvalue weighted by molar-refractivity contribution is 5.50. The van der Waals surface area contributed by atoms with Gasteiger partial charge in [-0.15, -0.1) is 0 Å². The van der Waals surface area contributed by atoms with Gasteiger partial charge in [0.2, 0.25) is 0 Å².